The van der Waals surface area contributed by atoms with E-state index in [1.165, 1.54) is 51.4 Å². The van der Waals surface area contributed by atoms with Gasteiger partial charge >= 0.3 is 5.97 Å². The Morgan fingerprint density at radius 1 is 0.852 bits per heavy atom. The van der Waals surface area contributed by atoms with Gasteiger partial charge in [-0.1, -0.05) is 71.1 Å². The first kappa shape index (κ1) is 24.3. The maximum absolute atomic E-state index is 11.9. The molecule has 0 amide bonds. The van der Waals surface area contributed by atoms with Crippen molar-refractivity contribution in [2.24, 2.45) is 0 Å². The number of carbonyl (C=O) groups excluding carboxylic acids is 1. The third kappa shape index (κ3) is 9.34. The first-order valence-electron chi connectivity index (χ1n) is 10.5. The number of hydrogen-bond donors (Lipinski definition) is 4. The molecular weight excluding hydrogens is 352 g/mol. The summed E-state index contributed by atoms with van der Waals surface area (Å²) in [5, 5.41) is 38.5. The van der Waals surface area contributed by atoms with Crippen molar-refractivity contribution in [1.29, 1.82) is 0 Å². The van der Waals surface area contributed by atoms with Crippen molar-refractivity contribution in [1.82, 2.24) is 0 Å². The molecule has 0 aromatic rings. The Balaban J connectivity index is 2.07. The molecule has 5 atom stereocenters. The van der Waals surface area contributed by atoms with Crippen LogP contribution in [0.2, 0.25) is 0 Å². The lowest BCUT2D eigenvalue weighted by Crippen LogP contribution is -2.59. The predicted molar refractivity (Wildman–Crippen MR) is 101 cm³/mol. The van der Waals surface area contributed by atoms with Crippen LogP contribution in [0.5, 0.6) is 0 Å². The molecule has 4 N–H and O–H groups in total. The van der Waals surface area contributed by atoms with Crippen LogP contribution in [0.15, 0.2) is 0 Å². The van der Waals surface area contributed by atoms with E-state index >= 15 is 0 Å². The normalized spacial score (nSPS) is 28.3. The number of aliphatic hydroxyl groups is 4. The molecular formula is C20H38O7. The summed E-state index contributed by atoms with van der Waals surface area (Å²) >= 11 is 0. The Kier molecular flexibility index (Phi) is 12.9. The third-order valence-corrected chi connectivity index (χ3v) is 5.09. The highest BCUT2D eigenvalue weighted by Gasteiger charge is 2.45. The molecule has 1 aliphatic rings. The van der Waals surface area contributed by atoms with E-state index in [0.717, 1.165) is 12.8 Å². The molecule has 0 aromatic carbocycles. The standard InChI is InChI=1S/C20H38O7/c1-2-3-4-5-6-7-8-9-10-11-12-13-16(22)27-19-18(24)17(23)15(14-21)26-20(19)25/h15,17-21,23-25H,2-14H2,1H3/t15-,17-,18+,19-,20+/m1/s1. The van der Waals surface area contributed by atoms with Crippen LogP contribution in [0.3, 0.4) is 0 Å². The van der Waals surface area contributed by atoms with Gasteiger partial charge in [0.25, 0.3) is 0 Å². The Bertz CT molecular complexity index is 391. The Morgan fingerprint density at radius 2 is 1.37 bits per heavy atom. The number of unbranched alkanes of at least 4 members (excludes halogenated alkanes) is 10. The zero-order chi connectivity index (χ0) is 20.1. The summed E-state index contributed by atoms with van der Waals surface area (Å²) in [6.07, 6.45) is 6.25. The van der Waals surface area contributed by atoms with Crippen LogP contribution in [-0.4, -0.2) is 63.7 Å². The van der Waals surface area contributed by atoms with E-state index in [4.69, 9.17) is 14.6 Å². The van der Waals surface area contributed by atoms with Gasteiger partial charge in [0.15, 0.2) is 12.4 Å². The van der Waals surface area contributed by atoms with Gasteiger partial charge < -0.3 is 29.9 Å². The lowest BCUT2D eigenvalue weighted by atomic mass is 9.99. The maximum atomic E-state index is 11.9. The molecule has 0 bridgehead atoms. The minimum Gasteiger partial charge on any atom is -0.454 e. The molecule has 7 nitrogen and oxygen atoms in total. The fourth-order valence-corrected chi connectivity index (χ4v) is 3.34. The maximum Gasteiger partial charge on any atom is 0.306 e. The summed E-state index contributed by atoms with van der Waals surface area (Å²) in [5.41, 5.74) is 0. The molecule has 0 unspecified atom stereocenters. The van der Waals surface area contributed by atoms with E-state index in [1.54, 1.807) is 0 Å². The second-order valence-electron chi connectivity index (χ2n) is 7.47. The summed E-state index contributed by atoms with van der Waals surface area (Å²) in [6, 6.07) is 0. The zero-order valence-electron chi connectivity index (χ0n) is 16.6. The van der Waals surface area contributed by atoms with Crippen molar-refractivity contribution in [3.8, 4) is 0 Å². The summed E-state index contributed by atoms with van der Waals surface area (Å²) in [7, 11) is 0. The molecule has 0 aromatic heterocycles. The summed E-state index contributed by atoms with van der Waals surface area (Å²) < 4.78 is 10.0. The van der Waals surface area contributed by atoms with Crippen molar-refractivity contribution < 1.29 is 34.7 Å². The molecule has 0 radical (unpaired) electrons. The second kappa shape index (κ2) is 14.3. The van der Waals surface area contributed by atoms with E-state index in [0.29, 0.717) is 6.42 Å². The number of aliphatic hydroxyl groups excluding tert-OH is 4. The van der Waals surface area contributed by atoms with Crippen molar-refractivity contribution in [2.45, 2.75) is 115 Å². The van der Waals surface area contributed by atoms with Gasteiger partial charge in [0.05, 0.1) is 6.61 Å². The monoisotopic (exact) mass is 390 g/mol. The lowest BCUT2D eigenvalue weighted by Gasteiger charge is -2.39. The van der Waals surface area contributed by atoms with Gasteiger partial charge in [0, 0.05) is 6.42 Å². The van der Waals surface area contributed by atoms with Crippen LogP contribution in [0.25, 0.3) is 0 Å². The van der Waals surface area contributed by atoms with Crippen LogP contribution < -0.4 is 0 Å². The van der Waals surface area contributed by atoms with Gasteiger partial charge in [-0.05, 0) is 6.42 Å². The molecule has 1 aliphatic heterocycles. The quantitative estimate of drug-likeness (QED) is 0.265. The van der Waals surface area contributed by atoms with Crippen molar-refractivity contribution in [2.75, 3.05) is 6.61 Å². The van der Waals surface area contributed by atoms with Crippen LogP contribution in [0.4, 0.5) is 0 Å². The van der Waals surface area contributed by atoms with Gasteiger partial charge in [0.1, 0.15) is 18.3 Å². The summed E-state index contributed by atoms with van der Waals surface area (Å²) in [4.78, 5) is 11.9. The average Bonchev–Trinajstić information content (AvgIpc) is 2.66. The van der Waals surface area contributed by atoms with E-state index in [2.05, 4.69) is 6.92 Å². The number of esters is 1. The molecule has 1 fully saturated rings. The third-order valence-electron chi connectivity index (χ3n) is 5.09. The van der Waals surface area contributed by atoms with Gasteiger partial charge in [-0.3, -0.25) is 4.79 Å². The molecule has 1 heterocycles. The molecule has 0 spiro atoms. The molecule has 27 heavy (non-hydrogen) atoms. The fraction of sp³-hybridized carbons (Fsp3) is 0.950. The molecule has 1 rings (SSSR count). The SMILES string of the molecule is CCCCCCCCCCCCCC(=O)O[C@@H]1[C@@H](O)[C@H](O)[C@@H](CO)O[C@@H]1O. The number of ether oxygens (including phenoxy) is 2. The Morgan fingerprint density at radius 3 is 1.89 bits per heavy atom. The summed E-state index contributed by atoms with van der Waals surface area (Å²) in [6.45, 7) is 1.67. The first-order chi connectivity index (χ1) is 13.0. The predicted octanol–water partition coefficient (Wildman–Crippen LogP) is 2.03. The van der Waals surface area contributed by atoms with Gasteiger partial charge in [0.2, 0.25) is 0 Å². The molecule has 0 aliphatic carbocycles. The lowest BCUT2D eigenvalue weighted by molar-refractivity contribution is -0.290. The number of hydrogen-bond acceptors (Lipinski definition) is 7. The molecule has 160 valence electrons. The van der Waals surface area contributed by atoms with E-state index in [1.807, 2.05) is 0 Å². The average molecular weight is 391 g/mol. The summed E-state index contributed by atoms with van der Waals surface area (Å²) in [5.74, 6) is -0.535. The smallest absolute Gasteiger partial charge is 0.306 e. The van der Waals surface area contributed by atoms with Gasteiger partial charge in [-0.15, -0.1) is 0 Å². The molecule has 0 saturated carbocycles. The number of carbonyl (C=O) groups is 1. The van der Waals surface area contributed by atoms with Gasteiger partial charge in [-0.2, -0.15) is 0 Å². The van der Waals surface area contributed by atoms with Crippen LogP contribution in [-0.2, 0) is 14.3 Å². The van der Waals surface area contributed by atoms with Crippen molar-refractivity contribution in [3.05, 3.63) is 0 Å². The van der Waals surface area contributed by atoms with Gasteiger partial charge in [-0.25, -0.2) is 0 Å². The highest BCUT2D eigenvalue weighted by Crippen LogP contribution is 2.23. The number of rotatable bonds is 14. The van der Waals surface area contributed by atoms with E-state index < -0.39 is 43.3 Å². The highest BCUT2D eigenvalue weighted by atomic mass is 16.7. The van der Waals surface area contributed by atoms with Crippen molar-refractivity contribution >= 4 is 5.97 Å². The van der Waals surface area contributed by atoms with E-state index in [9.17, 15) is 20.1 Å². The van der Waals surface area contributed by atoms with Crippen LogP contribution in [0, 0.1) is 0 Å². The molecule has 7 heteroatoms. The minimum absolute atomic E-state index is 0.201. The van der Waals surface area contributed by atoms with E-state index in [-0.39, 0.29) is 6.42 Å². The molecule has 1 saturated heterocycles. The minimum atomic E-state index is -1.57. The highest BCUT2D eigenvalue weighted by molar-refractivity contribution is 5.69. The Hall–Kier alpha value is -0.730. The zero-order valence-corrected chi connectivity index (χ0v) is 16.6. The second-order valence-corrected chi connectivity index (χ2v) is 7.47. The van der Waals surface area contributed by atoms with Crippen LogP contribution in [0.1, 0.15) is 84.0 Å². The van der Waals surface area contributed by atoms with Crippen LogP contribution >= 0.6 is 0 Å². The fourth-order valence-electron chi connectivity index (χ4n) is 3.34. The largest absolute Gasteiger partial charge is 0.454 e. The Labute approximate surface area is 162 Å². The van der Waals surface area contributed by atoms with Crippen molar-refractivity contribution in [3.63, 3.8) is 0 Å². The first-order valence-corrected chi connectivity index (χ1v) is 10.5. The topological polar surface area (TPSA) is 116 Å².